The minimum Gasteiger partial charge on any atom is -0.314 e. The maximum Gasteiger partial charge on any atom is 0.0931 e. The van der Waals surface area contributed by atoms with Crippen LogP contribution in [0.1, 0.15) is 51.8 Å². The zero-order valence-corrected chi connectivity index (χ0v) is 14.8. The molecule has 2 unspecified atom stereocenters. The molecule has 0 aromatic carbocycles. The number of rotatable bonds is 5. The molecule has 0 saturated heterocycles. The summed E-state index contributed by atoms with van der Waals surface area (Å²) in [6, 6.07) is 4.83. The summed E-state index contributed by atoms with van der Waals surface area (Å²) in [6.07, 6.45) is 5.26. The molecule has 1 heterocycles. The van der Waals surface area contributed by atoms with E-state index in [4.69, 9.17) is 11.6 Å². The van der Waals surface area contributed by atoms with Gasteiger partial charge < -0.3 is 5.32 Å². The molecule has 0 radical (unpaired) electrons. The van der Waals surface area contributed by atoms with E-state index in [1.54, 1.807) is 11.3 Å². The fourth-order valence-electron chi connectivity index (χ4n) is 3.40. The molecule has 0 aliphatic heterocycles. The standard InChI is InChI=1S/C17H28ClNS/c1-12(2)19-11-13-7-8-17(3,4)10-14(13)9-15-5-6-16(18)20-15/h5-6,12-14,19H,7-11H2,1-4H3. The first-order chi connectivity index (χ1) is 9.35. The summed E-state index contributed by atoms with van der Waals surface area (Å²) in [7, 11) is 0. The molecule has 0 amide bonds. The summed E-state index contributed by atoms with van der Waals surface area (Å²) in [6.45, 7) is 10.5. The van der Waals surface area contributed by atoms with E-state index in [0.29, 0.717) is 11.5 Å². The second-order valence-electron chi connectivity index (χ2n) is 7.40. The van der Waals surface area contributed by atoms with Gasteiger partial charge in [0.2, 0.25) is 0 Å². The average Bonchev–Trinajstić information content (AvgIpc) is 2.72. The summed E-state index contributed by atoms with van der Waals surface area (Å²) >= 11 is 7.83. The van der Waals surface area contributed by atoms with Crippen LogP contribution in [0.4, 0.5) is 0 Å². The van der Waals surface area contributed by atoms with Crippen molar-refractivity contribution in [3.05, 3.63) is 21.3 Å². The molecule has 0 bridgehead atoms. The Morgan fingerprint density at radius 3 is 2.70 bits per heavy atom. The Bertz CT molecular complexity index is 422. The number of halogens is 1. The van der Waals surface area contributed by atoms with Crippen LogP contribution in [-0.4, -0.2) is 12.6 Å². The highest BCUT2D eigenvalue weighted by Gasteiger charge is 2.34. The Labute approximate surface area is 133 Å². The van der Waals surface area contributed by atoms with E-state index in [1.165, 1.54) is 30.6 Å². The predicted octanol–water partition coefficient (Wildman–Crippen LogP) is 5.38. The van der Waals surface area contributed by atoms with Crippen molar-refractivity contribution in [2.45, 2.75) is 59.4 Å². The first-order valence-corrected chi connectivity index (χ1v) is 9.03. The lowest BCUT2D eigenvalue weighted by Crippen LogP contribution is -2.38. The molecule has 114 valence electrons. The number of hydrogen-bond donors (Lipinski definition) is 1. The van der Waals surface area contributed by atoms with Crippen LogP contribution in [0.2, 0.25) is 4.34 Å². The molecule has 20 heavy (non-hydrogen) atoms. The van der Waals surface area contributed by atoms with Gasteiger partial charge in [-0.05, 0) is 61.6 Å². The van der Waals surface area contributed by atoms with E-state index >= 15 is 0 Å². The average molecular weight is 314 g/mol. The van der Waals surface area contributed by atoms with Gasteiger partial charge in [-0.3, -0.25) is 0 Å². The normalized spacial score (nSPS) is 26.1. The molecular weight excluding hydrogens is 286 g/mol. The number of nitrogens with one attached hydrogen (secondary N) is 1. The van der Waals surface area contributed by atoms with Crippen molar-refractivity contribution in [1.82, 2.24) is 5.32 Å². The zero-order chi connectivity index (χ0) is 14.8. The van der Waals surface area contributed by atoms with E-state index < -0.39 is 0 Å². The van der Waals surface area contributed by atoms with Gasteiger partial charge in [0.15, 0.2) is 0 Å². The van der Waals surface area contributed by atoms with Gasteiger partial charge in [0, 0.05) is 10.9 Å². The Kier molecular flexibility index (Phi) is 5.56. The Morgan fingerprint density at radius 1 is 1.35 bits per heavy atom. The van der Waals surface area contributed by atoms with Crippen molar-refractivity contribution in [3.63, 3.8) is 0 Å². The van der Waals surface area contributed by atoms with Gasteiger partial charge >= 0.3 is 0 Å². The molecule has 1 aromatic heterocycles. The summed E-state index contributed by atoms with van der Waals surface area (Å²) in [5, 5.41) is 3.64. The zero-order valence-electron chi connectivity index (χ0n) is 13.2. The van der Waals surface area contributed by atoms with E-state index in [1.807, 2.05) is 6.07 Å². The van der Waals surface area contributed by atoms with E-state index in [2.05, 4.69) is 39.1 Å². The fourth-order valence-corrected chi connectivity index (χ4v) is 4.59. The smallest absolute Gasteiger partial charge is 0.0931 e. The van der Waals surface area contributed by atoms with Crippen LogP contribution in [0.25, 0.3) is 0 Å². The molecule has 1 fully saturated rings. The lowest BCUT2D eigenvalue weighted by Gasteiger charge is -2.41. The highest BCUT2D eigenvalue weighted by Crippen LogP contribution is 2.43. The van der Waals surface area contributed by atoms with Gasteiger partial charge in [0.05, 0.1) is 4.34 Å². The first-order valence-electron chi connectivity index (χ1n) is 7.83. The van der Waals surface area contributed by atoms with Crippen LogP contribution in [0.5, 0.6) is 0 Å². The Morgan fingerprint density at radius 2 is 2.10 bits per heavy atom. The Balaban J connectivity index is 2.01. The second kappa shape index (κ2) is 6.81. The van der Waals surface area contributed by atoms with Crippen molar-refractivity contribution >= 4 is 22.9 Å². The van der Waals surface area contributed by atoms with Crippen molar-refractivity contribution in [3.8, 4) is 0 Å². The topological polar surface area (TPSA) is 12.0 Å². The highest BCUT2D eigenvalue weighted by atomic mass is 35.5. The van der Waals surface area contributed by atoms with Crippen molar-refractivity contribution in [2.75, 3.05) is 6.54 Å². The minimum absolute atomic E-state index is 0.500. The van der Waals surface area contributed by atoms with Gasteiger partial charge in [0.1, 0.15) is 0 Å². The van der Waals surface area contributed by atoms with Crippen LogP contribution >= 0.6 is 22.9 Å². The molecule has 1 saturated carbocycles. The molecule has 0 spiro atoms. The van der Waals surface area contributed by atoms with Gasteiger partial charge in [-0.2, -0.15) is 0 Å². The first kappa shape index (κ1) is 16.3. The molecular formula is C17H28ClNS. The van der Waals surface area contributed by atoms with E-state index in [9.17, 15) is 0 Å². The van der Waals surface area contributed by atoms with E-state index in [-0.39, 0.29) is 0 Å². The van der Waals surface area contributed by atoms with Crippen LogP contribution < -0.4 is 5.32 Å². The van der Waals surface area contributed by atoms with E-state index in [0.717, 1.165) is 22.7 Å². The monoisotopic (exact) mass is 313 g/mol. The number of hydrogen-bond acceptors (Lipinski definition) is 2. The molecule has 2 rings (SSSR count). The number of thiophene rings is 1. The predicted molar refractivity (Wildman–Crippen MR) is 90.8 cm³/mol. The molecule has 1 aromatic rings. The van der Waals surface area contributed by atoms with Gasteiger partial charge in [-0.15, -0.1) is 11.3 Å². The molecule has 1 aliphatic rings. The third-order valence-electron chi connectivity index (χ3n) is 4.55. The summed E-state index contributed by atoms with van der Waals surface area (Å²) in [4.78, 5) is 1.45. The summed E-state index contributed by atoms with van der Waals surface area (Å²) in [5.74, 6) is 1.60. The maximum atomic E-state index is 6.08. The SMILES string of the molecule is CC(C)NCC1CCC(C)(C)CC1Cc1ccc(Cl)s1. The fraction of sp³-hybridized carbons (Fsp3) is 0.765. The van der Waals surface area contributed by atoms with Crippen molar-refractivity contribution in [2.24, 2.45) is 17.3 Å². The third-order valence-corrected chi connectivity index (χ3v) is 5.81. The lowest BCUT2D eigenvalue weighted by atomic mass is 9.66. The van der Waals surface area contributed by atoms with Crippen LogP contribution in [-0.2, 0) is 6.42 Å². The van der Waals surface area contributed by atoms with Crippen LogP contribution in [0.15, 0.2) is 12.1 Å². The van der Waals surface area contributed by atoms with Gasteiger partial charge in [-0.25, -0.2) is 0 Å². The van der Waals surface area contributed by atoms with Crippen molar-refractivity contribution < 1.29 is 0 Å². The van der Waals surface area contributed by atoms with Crippen LogP contribution in [0, 0.1) is 17.3 Å². The maximum absolute atomic E-state index is 6.08. The molecule has 2 atom stereocenters. The lowest BCUT2D eigenvalue weighted by molar-refractivity contribution is 0.115. The summed E-state index contributed by atoms with van der Waals surface area (Å²) < 4.78 is 0.923. The minimum atomic E-state index is 0.500. The third kappa shape index (κ3) is 4.75. The quantitative estimate of drug-likeness (QED) is 0.769. The van der Waals surface area contributed by atoms with Gasteiger partial charge in [0.25, 0.3) is 0 Å². The van der Waals surface area contributed by atoms with Gasteiger partial charge in [-0.1, -0.05) is 39.3 Å². The molecule has 3 heteroatoms. The van der Waals surface area contributed by atoms with Crippen molar-refractivity contribution in [1.29, 1.82) is 0 Å². The summed E-state index contributed by atoms with van der Waals surface area (Å²) in [5.41, 5.74) is 0.500. The molecule has 1 nitrogen and oxygen atoms in total. The Hall–Kier alpha value is -0.0500. The molecule has 1 aliphatic carbocycles. The molecule has 1 N–H and O–H groups in total. The highest BCUT2D eigenvalue weighted by molar-refractivity contribution is 7.16. The largest absolute Gasteiger partial charge is 0.314 e. The second-order valence-corrected chi connectivity index (χ2v) is 9.20. The van der Waals surface area contributed by atoms with Crippen LogP contribution in [0.3, 0.4) is 0 Å².